The SMILES string of the molecule is Cc1ccc(CC2CC(NCCCO)CN(C)C2)cc1. The van der Waals surface area contributed by atoms with Gasteiger partial charge in [0.15, 0.2) is 0 Å². The molecule has 2 N–H and O–H groups in total. The maximum atomic E-state index is 8.87. The molecule has 2 atom stereocenters. The number of likely N-dealkylation sites (N-methyl/N-ethyl adjacent to an activating group) is 1. The smallest absolute Gasteiger partial charge is 0.0443 e. The van der Waals surface area contributed by atoms with Crippen molar-refractivity contribution >= 4 is 0 Å². The number of nitrogens with one attached hydrogen (secondary N) is 1. The van der Waals surface area contributed by atoms with E-state index >= 15 is 0 Å². The average Bonchev–Trinajstić information content (AvgIpc) is 2.41. The highest BCUT2D eigenvalue weighted by molar-refractivity contribution is 5.21. The predicted octanol–water partition coefficient (Wildman–Crippen LogP) is 1.83. The summed E-state index contributed by atoms with van der Waals surface area (Å²) in [6.45, 7) is 5.65. The standard InChI is InChI=1S/C17H28N2O/c1-14-4-6-15(7-5-14)10-16-11-17(13-19(2)12-16)18-8-3-9-20/h4-7,16-18,20H,3,8-13H2,1-2H3. The van der Waals surface area contributed by atoms with Crippen LogP contribution in [0, 0.1) is 12.8 Å². The van der Waals surface area contributed by atoms with Crippen LogP contribution in [0.4, 0.5) is 0 Å². The molecule has 0 saturated carbocycles. The molecule has 0 radical (unpaired) electrons. The lowest BCUT2D eigenvalue weighted by Gasteiger charge is -2.36. The summed E-state index contributed by atoms with van der Waals surface area (Å²) in [6, 6.07) is 9.50. The summed E-state index contributed by atoms with van der Waals surface area (Å²) in [4.78, 5) is 2.43. The van der Waals surface area contributed by atoms with Gasteiger partial charge in [-0.1, -0.05) is 29.8 Å². The lowest BCUT2D eigenvalue weighted by molar-refractivity contribution is 0.166. The van der Waals surface area contributed by atoms with Crippen molar-refractivity contribution in [2.24, 2.45) is 5.92 Å². The van der Waals surface area contributed by atoms with Gasteiger partial charge in [-0.2, -0.15) is 0 Å². The Balaban J connectivity index is 1.85. The zero-order chi connectivity index (χ0) is 14.4. The number of piperidine rings is 1. The van der Waals surface area contributed by atoms with Gasteiger partial charge in [-0.3, -0.25) is 0 Å². The number of likely N-dealkylation sites (tertiary alicyclic amines) is 1. The van der Waals surface area contributed by atoms with Crippen LogP contribution in [0.2, 0.25) is 0 Å². The molecule has 1 heterocycles. The molecule has 1 saturated heterocycles. The van der Waals surface area contributed by atoms with Crippen LogP contribution >= 0.6 is 0 Å². The minimum Gasteiger partial charge on any atom is -0.396 e. The van der Waals surface area contributed by atoms with Crippen LogP contribution in [0.1, 0.15) is 24.0 Å². The molecule has 0 amide bonds. The van der Waals surface area contributed by atoms with E-state index in [1.54, 1.807) is 0 Å². The van der Waals surface area contributed by atoms with Gasteiger partial charge in [-0.15, -0.1) is 0 Å². The van der Waals surface area contributed by atoms with Gasteiger partial charge in [0.25, 0.3) is 0 Å². The second-order valence-electron chi connectivity index (χ2n) is 6.24. The van der Waals surface area contributed by atoms with Crippen LogP contribution in [0.15, 0.2) is 24.3 Å². The number of aliphatic hydroxyl groups is 1. The first kappa shape index (κ1) is 15.5. The molecule has 1 aliphatic heterocycles. The summed E-state index contributed by atoms with van der Waals surface area (Å²) in [5.41, 5.74) is 2.78. The zero-order valence-electron chi connectivity index (χ0n) is 12.8. The van der Waals surface area contributed by atoms with E-state index in [0.29, 0.717) is 6.04 Å². The zero-order valence-corrected chi connectivity index (χ0v) is 12.8. The van der Waals surface area contributed by atoms with Crippen molar-refractivity contribution in [3.8, 4) is 0 Å². The topological polar surface area (TPSA) is 35.5 Å². The van der Waals surface area contributed by atoms with E-state index in [1.807, 2.05) is 0 Å². The van der Waals surface area contributed by atoms with E-state index in [-0.39, 0.29) is 6.61 Å². The minimum atomic E-state index is 0.280. The molecule has 0 bridgehead atoms. The molecular weight excluding hydrogens is 248 g/mol. The highest BCUT2D eigenvalue weighted by Gasteiger charge is 2.24. The van der Waals surface area contributed by atoms with Gasteiger partial charge in [0.1, 0.15) is 0 Å². The van der Waals surface area contributed by atoms with E-state index in [0.717, 1.165) is 25.4 Å². The van der Waals surface area contributed by atoms with E-state index < -0.39 is 0 Å². The summed E-state index contributed by atoms with van der Waals surface area (Å²) in [5.74, 6) is 0.725. The van der Waals surface area contributed by atoms with Gasteiger partial charge >= 0.3 is 0 Å². The Morgan fingerprint density at radius 1 is 1.25 bits per heavy atom. The summed E-state index contributed by atoms with van der Waals surface area (Å²) < 4.78 is 0. The number of hydrogen-bond acceptors (Lipinski definition) is 3. The summed E-state index contributed by atoms with van der Waals surface area (Å²) in [6.07, 6.45) is 3.26. The van der Waals surface area contributed by atoms with Gasteiger partial charge in [0.2, 0.25) is 0 Å². The lowest BCUT2D eigenvalue weighted by atomic mass is 9.88. The Morgan fingerprint density at radius 3 is 2.70 bits per heavy atom. The highest BCUT2D eigenvalue weighted by atomic mass is 16.3. The maximum absolute atomic E-state index is 8.87. The summed E-state index contributed by atoms with van der Waals surface area (Å²) in [7, 11) is 2.21. The van der Waals surface area contributed by atoms with Crippen molar-refractivity contribution in [3.05, 3.63) is 35.4 Å². The number of rotatable bonds is 6. The quantitative estimate of drug-likeness (QED) is 0.778. The van der Waals surface area contributed by atoms with Gasteiger partial charge < -0.3 is 15.3 Å². The molecule has 1 aromatic rings. The molecule has 1 fully saturated rings. The third-order valence-corrected chi connectivity index (χ3v) is 4.13. The summed E-state index contributed by atoms with van der Waals surface area (Å²) in [5, 5.41) is 12.4. The second-order valence-corrected chi connectivity index (χ2v) is 6.24. The Hall–Kier alpha value is -0.900. The van der Waals surface area contributed by atoms with Gasteiger partial charge in [0.05, 0.1) is 0 Å². The van der Waals surface area contributed by atoms with Crippen molar-refractivity contribution < 1.29 is 5.11 Å². The number of benzene rings is 1. The minimum absolute atomic E-state index is 0.280. The molecule has 3 nitrogen and oxygen atoms in total. The van der Waals surface area contributed by atoms with Crippen LogP contribution in [0.25, 0.3) is 0 Å². The Bertz CT molecular complexity index is 390. The van der Waals surface area contributed by atoms with Gasteiger partial charge in [-0.05, 0) is 51.3 Å². The summed E-state index contributed by atoms with van der Waals surface area (Å²) >= 11 is 0. The fourth-order valence-corrected chi connectivity index (χ4v) is 3.18. The van der Waals surface area contributed by atoms with Crippen LogP contribution in [0.5, 0.6) is 0 Å². The molecular formula is C17H28N2O. The molecule has 20 heavy (non-hydrogen) atoms. The normalized spacial score (nSPS) is 23.9. The van der Waals surface area contributed by atoms with Crippen LogP contribution in [0.3, 0.4) is 0 Å². The van der Waals surface area contributed by atoms with Crippen LogP contribution in [-0.4, -0.2) is 49.3 Å². The Morgan fingerprint density at radius 2 is 2.00 bits per heavy atom. The Labute approximate surface area is 123 Å². The lowest BCUT2D eigenvalue weighted by Crippen LogP contribution is -2.48. The van der Waals surface area contributed by atoms with E-state index in [9.17, 15) is 0 Å². The first-order chi connectivity index (χ1) is 9.67. The second kappa shape index (κ2) is 7.77. The fraction of sp³-hybridized carbons (Fsp3) is 0.647. The van der Waals surface area contributed by atoms with Gasteiger partial charge in [-0.25, -0.2) is 0 Å². The molecule has 3 heteroatoms. The monoisotopic (exact) mass is 276 g/mol. The van der Waals surface area contributed by atoms with E-state index in [4.69, 9.17) is 5.11 Å². The van der Waals surface area contributed by atoms with Crippen LogP contribution in [-0.2, 0) is 6.42 Å². The number of aryl methyl sites for hydroxylation is 1. The van der Waals surface area contributed by atoms with E-state index in [1.165, 1.54) is 30.5 Å². The van der Waals surface area contributed by atoms with Crippen molar-refractivity contribution in [3.63, 3.8) is 0 Å². The van der Waals surface area contributed by atoms with Crippen molar-refractivity contribution in [1.29, 1.82) is 0 Å². The molecule has 0 aliphatic carbocycles. The maximum Gasteiger partial charge on any atom is 0.0443 e. The molecule has 112 valence electrons. The van der Waals surface area contributed by atoms with E-state index in [2.05, 4.69) is 48.5 Å². The first-order valence-electron chi connectivity index (χ1n) is 7.75. The predicted molar refractivity (Wildman–Crippen MR) is 84.0 cm³/mol. The molecule has 0 aromatic heterocycles. The third-order valence-electron chi connectivity index (χ3n) is 4.13. The largest absolute Gasteiger partial charge is 0.396 e. The molecule has 0 spiro atoms. The highest BCUT2D eigenvalue weighted by Crippen LogP contribution is 2.20. The average molecular weight is 276 g/mol. The molecule has 1 aromatic carbocycles. The number of aliphatic hydroxyl groups excluding tert-OH is 1. The number of hydrogen-bond donors (Lipinski definition) is 2. The molecule has 2 unspecified atom stereocenters. The Kier molecular flexibility index (Phi) is 6.02. The van der Waals surface area contributed by atoms with Crippen molar-refractivity contribution in [1.82, 2.24) is 10.2 Å². The fourth-order valence-electron chi connectivity index (χ4n) is 3.18. The number of nitrogens with zero attached hydrogens (tertiary/aromatic N) is 1. The molecule has 1 aliphatic rings. The van der Waals surface area contributed by atoms with Gasteiger partial charge in [0, 0.05) is 25.7 Å². The molecule has 2 rings (SSSR count). The third kappa shape index (κ3) is 4.89. The first-order valence-corrected chi connectivity index (χ1v) is 7.75. The van der Waals surface area contributed by atoms with Crippen molar-refractivity contribution in [2.75, 3.05) is 33.3 Å². The van der Waals surface area contributed by atoms with Crippen LogP contribution < -0.4 is 5.32 Å². The van der Waals surface area contributed by atoms with Crippen molar-refractivity contribution in [2.45, 2.75) is 32.2 Å².